The zero-order valence-corrected chi connectivity index (χ0v) is 11.0. The molecule has 1 amide bonds. The van der Waals surface area contributed by atoms with Crippen LogP contribution in [0.15, 0.2) is 24.3 Å². The number of nitrogens with one attached hydrogen (secondary N) is 1. The molecule has 4 heteroatoms. The van der Waals surface area contributed by atoms with Gasteiger partial charge in [-0.1, -0.05) is 12.1 Å². The lowest BCUT2D eigenvalue weighted by molar-refractivity contribution is 0.0893. The smallest absolute Gasteiger partial charge is 0.255 e. The first kappa shape index (κ1) is 12.5. The van der Waals surface area contributed by atoms with Crippen LogP contribution in [0.2, 0.25) is 0 Å². The summed E-state index contributed by atoms with van der Waals surface area (Å²) >= 11 is 0. The van der Waals surface area contributed by atoms with E-state index in [2.05, 4.69) is 10.2 Å². The van der Waals surface area contributed by atoms with Crippen molar-refractivity contribution >= 4 is 5.91 Å². The number of carbonyl (C=O) groups is 1. The molecule has 2 fully saturated rings. The molecule has 2 unspecified atom stereocenters. The van der Waals surface area contributed by atoms with Crippen LogP contribution in [0.5, 0.6) is 5.75 Å². The van der Waals surface area contributed by atoms with E-state index in [9.17, 15) is 9.90 Å². The average molecular weight is 260 g/mol. The van der Waals surface area contributed by atoms with E-state index in [1.807, 2.05) is 0 Å². The van der Waals surface area contributed by atoms with Gasteiger partial charge in [-0.3, -0.25) is 4.79 Å². The summed E-state index contributed by atoms with van der Waals surface area (Å²) < 4.78 is 0. The van der Waals surface area contributed by atoms with Gasteiger partial charge in [-0.05, 0) is 44.4 Å². The Morgan fingerprint density at radius 1 is 1.26 bits per heavy atom. The molecule has 0 aromatic heterocycles. The molecule has 0 aliphatic carbocycles. The highest BCUT2D eigenvalue weighted by molar-refractivity contribution is 5.96. The van der Waals surface area contributed by atoms with Crippen LogP contribution in [-0.4, -0.2) is 41.1 Å². The molecule has 102 valence electrons. The van der Waals surface area contributed by atoms with Crippen LogP contribution in [0.3, 0.4) is 0 Å². The normalized spacial score (nSPS) is 26.9. The van der Waals surface area contributed by atoms with Crippen molar-refractivity contribution in [2.24, 2.45) is 0 Å². The monoisotopic (exact) mass is 260 g/mol. The van der Waals surface area contributed by atoms with Crippen molar-refractivity contribution in [1.29, 1.82) is 0 Å². The van der Waals surface area contributed by atoms with Crippen molar-refractivity contribution in [3.8, 4) is 5.75 Å². The van der Waals surface area contributed by atoms with Crippen molar-refractivity contribution in [1.82, 2.24) is 10.2 Å². The number of hydrogen-bond donors (Lipinski definition) is 2. The minimum Gasteiger partial charge on any atom is -0.507 e. The summed E-state index contributed by atoms with van der Waals surface area (Å²) in [7, 11) is 0. The molecule has 1 aromatic rings. The number of carbonyl (C=O) groups excluding carboxylic acids is 1. The maximum atomic E-state index is 12.1. The van der Waals surface area contributed by atoms with Gasteiger partial charge >= 0.3 is 0 Å². The molecular formula is C15H20N2O2. The molecule has 2 aliphatic heterocycles. The number of piperidine rings is 1. The van der Waals surface area contributed by atoms with Gasteiger partial charge < -0.3 is 15.3 Å². The van der Waals surface area contributed by atoms with Gasteiger partial charge in [0, 0.05) is 18.6 Å². The van der Waals surface area contributed by atoms with Gasteiger partial charge in [-0.15, -0.1) is 0 Å². The second-order valence-corrected chi connectivity index (χ2v) is 5.54. The number of phenols is 1. The predicted molar refractivity (Wildman–Crippen MR) is 73.2 cm³/mol. The summed E-state index contributed by atoms with van der Waals surface area (Å²) in [5, 5.41) is 12.8. The number of aromatic hydroxyl groups is 1. The fraction of sp³-hybridized carbons (Fsp3) is 0.533. The third kappa shape index (κ3) is 2.59. The largest absolute Gasteiger partial charge is 0.507 e. The maximum Gasteiger partial charge on any atom is 0.255 e. The number of phenolic OH excluding ortho intramolecular Hbond substituents is 1. The quantitative estimate of drug-likeness (QED) is 0.851. The van der Waals surface area contributed by atoms with Crippen molar-refractivity contribution in [3.05, 3.63) is 29.8 Å². The number of nitrogens with zero attached hydrogens (tertiary/aromatic N) is 1. The molecule has 2 atom stereocenters. The number of hydrogen-bond acceptors (Lipinski definition) is 3. The van der Waals surface area contributed by atoms with E-state index in [-0.39, 0.29) is 17.7 Å². The highest BCUT2D eigenvalue weighted by Crippen LogP contribution is 2.27. The van der Waals surface area contributed by atoms with Crippen molar-refractivity contribution in [3.63, 3.8) is 0 Å². The lowest BCUT2D eigenvalue weighted by Crippen LogP contribution is -2.47. The van der Waals surface area contributed by atoms with Gasteiger partial charge in [-0.25, -0.2) is 0 Å². The number of rotatable bonds is 2. The first-order chi connectivity index (χ1) is 9.24. The number of amides is 1. The Labute approximate surface area is 113 Å². The zero-order chi connectivity index (χ0) is 13.2. The third-order valence-electron chi connectivity index (χ3n) is 4.30. The first-order valence-corrected chi connectivity index (χ1v) is 7.07. The van der Waals surface area contributed by atoms with Crippen LogP contribution in [0.4, 0.5) is 0 Å². The molecule has 2 aliphatic rings. The Kier molecular flexibility index (Phi) is 3.42. The van der Waals surface area contributed by atoms with Gasteiger partial charge in [-0.2, -0.15) is 0 Å². The number of benzene rings is 1. The standard InChI is InChI=1S/C15H20N2O2/c18-14-6-2-1-5-13(14)15(19)16-11-7-9-17-8-3-4-12(17)10-11/h1-2,5-6,11-12,18H,3-4,7-10H2,(H,16,19). The highest BCUT2D eigenvalue weighted by Gasteiger charge is 2.32. The van der Waals surface area contributed by atoms with E-state index < -0.39 is 0 Å². The Hall–Kier alpha value is -1.55. The molecular weight excluding hydrogens is 240 g/mol. The van der Waals surface area contributed by atoms with Gasteiger partial charge in [0.25, 0.3) is 5.91 Å². The summed E-state index contributed by atoms with van der Waals surface area (Å²) in [6.07, 6.45) is 4.59. The highest BCUT2D eigenvalue weighted by atomic mass is 16.3. The molecule has 0 saturated carbocycles. The number of fused-ring (bicyclic) bond motifs is 1. The van der Waals surface area contributed by atoms with Crippen molar-refractivity contribution < 1.29 is 9.90 Å². The molecule has 0 radical (unpaired) electrons. The van der Waals surface area contributed by atoms with Gasteiger partial charge in [0.2, 0.25) is 0 Å². The van der Waals surface area contributed by atoms with Gasteiger partial charge in [0.1, 0.15) is 5.75 Å². The van der Waals surface area contributed by atoms with Crippen LogP contribution < -0.4 is 5.32 Å². The molecule has 2 N–H and O–H groups in total. The van der Waals surface area contributed by atoms with E-state index in [4.69, 9.17) is 0 Å². The van der Waals surface area contributed by atoms with Gasteiger partial charge in [0.05, 0.1) is 5.56 Å². The van der Waals surface area contributed by atoms with Crippen LogP contribution in [0.25, 0.3) is 0 Å². The van der Waals surface area contributed by atoms with E-state index >= 15 is 0 Å². The van der Waals surface area contributed by atoms with Crippen LogP contribution >= 0.6 is 0 Å². The Bertz CT molecular complexity index is 475. The first-order valence-electron chi connectivity index (χ1n) is 7.07. The topological polar surface area (TPSA) is 52.6 Å². The van der Waals surface area contributed by atoms with Gasteiger partial charge in [0.15, 0.2) is 0 Å². The third-order valence-corrected chi connectivity index (χ3v) is 4.30. The minimum absolute atomic E-state index is 0.0540. The molecule has 1 aromatic carbocycles. The Morgan fingerprint density at radius 2 is 2.11 bits per heavy atom. The maximum absolute atomic E-state index is 12.1. The Balaban J connectivity index is 1.62. The fourth-order valence-corrected chi connectivity index (χ4v) is 3.28. The second-order valence-electron chi connectivity index (χ2n) is 5.54. The van der Waals surface area contributed by atoms with Crippen LogP contribution in [0, 0.1) is 0 Å². The van der Waals surface area contributed by atoms with E-state index in [0.29, 0.717) is 11.6 Å². The van der Waals surface area contributed by atoms with E-state index in [1.54, 1.807) is 24.3 Å². The summed E-state index contributed by atoms with van der Waals surface area (Å²) in [4.78, 5) is 14.7. The molecule has 2 heterocycles. The molecule has 2 saturated heterocycles. The summed E-state index contributed by atoms with van der Waals surface area (Å²) in [5.74, 6) is -0.104. The summed E-state index contributed by atoms with van der Waals surface area (Å²) in [6, 6.07) is 7.59. The summed E-state index contributed by atoms with van der Waals surface area (Å²) in [6.45, 7) is 2.29. The SMILES string of the molecule is O=C(NC1CCN2CCCC2C1)c1ccccc1O. The van der Waals surface area contributed by atoms with Crippen molar-refractivity contribution in [2.45, 2.75) is 37.8 Å². The minimum atomic E-state index is -0.158. The molecule has 4 nitrogen and oxygen atoms in total. The molecule has 3 rings (SSSR count). The number of para-hydroxylation sites is 1. The molecule has 0 bridgehead atoms. The average Bonchev–Trinajstić information content (AvgIpc) is 2.86. The Morgan fingerprint density at radius 3 is 2.95 bits per heavy atom. The van der Waals surface area contributed by atoms with Crippen molar-refractivity contribution in [2.75, 3.05) is 13.1 Å². The van der Waals surface area contributed by atoms with E-state index in [1.165, 1.54) is 19.4 Å². The lowest BCUT2D eigenvalue weighted by Gasteiger charge is -2.35. The molecule has 0 spiro atoms. The predicted octanol–water partition coefficient (Wildman–Crippen LogP) is 1.75. The van der Waals surface area contributed by atoms with Crippen LogP contribution in [0.1, 0.15) is 36.0 Å². The molecule has 19 heavy (non-hydrogen) atoms. The van der Waals surface area contributed by atoms with E-state index in [0.717, 1.165) is 19.4 Å². The summed E-state index contributed by atoms with van der Waals surface area (Å²) in [5.41, 5.74) is 0.372. The fourth-order valence-electron chi connectivity index (χ4n) is 3.28. The van der Waals surface area contributed by atoms with Crippen LogP contribution in [-0.2, 0) is 0 Å². The second kappa shape index (κ2) is 5.21. The lowest BCUT2D eigenvalue weighted by atomic mass is 9.97. The zero-order valence-electron chi connectivity index (χ0n) is 11.0.